The maximum Gasteiger partial charge on any atom is 0.245 e. The van der Waals surface area contributed by atoms with E-state index in [9.17, 15) is 8.42 Å². The molecule has 0 bridgehead atoms. The van der Waals surface area contributed by atoms with Crippen LogP contribution in [-0.2, 0) is 10.0 Å². The fraction of sp³-hybridized carbons (Fsp3) is 0.500. The molecule has 0 spiro atoms. The molecular weight excluding hydrogens is 350 g/mol. The van der Waals surface area contributed by atoms with Crippen LogP contribution in [0.25, 0.3) is 0 Å². The predicted octanol–water partition coefficient (Wildman–Crippen LogP) is 2.88. The SMILES string of the molecule is CC(C)(C)NS(=O)(=O)c1cc(Br)oc1Br. The molecule has 1 N–H and O–H groups in total. The Labute approximate surface area is 106 Å². The first kappa shape index (κ1) is 13.2. The maximum atomic E-state index is 11.9. The van der Waals surface area contributed by atoms with Crippen molar-refractivity contribution < 1.29 is 12.8 Å². The molecule has 7 heteroatoms. The molecule has 0 aliphatic rings. The molecule has 86 valence electrons. The third-order valence-electron chi connectivity index (χ3n) is 1.36. The van der Waals surface area contributed by atoms with Crippen molar-refractivity contribution in [3.05, 3.63) is 15.4 Å². The molecule has 0 aromatic carbocycles. The Bertz CT molecular complexity index is 459. The second-order valence-electron chi connectivity index (χ2n) is 4.04. The lowest BCUT2D eigenvalue weighted by Crippen LogP contribution is -2.40. The molecule has 1 heterocycles. The number of nitrogens with one attached hydrogen (secondary N) is 1. The third kappa shape index (κ3) is 3.58. The smallest absolute Gasteiger partial charge is 0.245 e. The average molecular weight is 361 g/mol. The van der Waals surface area contributed by atoms with E-state index in [0.717, 1.165) is 0 Å². The summed E-state index contributed by atoms with van der Waals surface area (Å²) in [6.07, 6.45) is 0. The average Bonchev–Trinajstić information content (AvgIpc) is 2.24. The Morgan fingerprint density at radius 3 is 2.20 bits per heavy atom. The molecule has 0 aliphatic heterocycles. The molecular formula is C8H11Br2NO3S. The van der Waals surface area contributed by atoms with Crippen molar-refractivity contribution in [2.24, 2.45) is 0 Å². The van der Waals surface area contributed by atoms with E-state index in [0.29, 0.717) is 4.67 Å². The summed E-state index contributed by atoms with van der Waals surface area (Å²) >= 11 is 6.11. The van der Waals surface area contributed by atoms with Crippen molar-refractivity contribution in [1.29, 1.82) is 0 Å². The summed E-state index contributed by atoms with van der Waals surface area (Å²) in [5, 5.41) is 0. The molecule has 0 unspecified atom stereocenters. The van der Waals surface area contributed by atoms with Gasteiger partial charge in [-0.3, -0.25) is 0 Å². The summed E-state index contributed by atoms with van der Waals surface area (Å²) < 4.78 is 31.8. The Balaban J connectivity index is 3.13. The molecule has 0 amide bonds. The Morgan fingerprint density at radius 2 is 1.87 bits per heavy atom. The van der Waals surface area contributed by atoms with Crippen molar-refractivity contribution >= 4 is 41.9 Å². The molecule has 0 aliphatic carbocycles. The van der Waals surface area contributed by atoms with Gasteiger partial charge in [-0.15, -0.1) is 0 Å². The maximum absolute atomic E-state index is 11.9. The van der Waals surface area contributed by atoms with Crippen molar-refractivity contribution in [3.63, 3.8) is 0 Å². The van der Waals surface area contributed by atoms with Gasteiger partial charge in [-0.2, -0.15) is 0 Å². The van der Waals surface area contributed by atoms with E-state index >= 15 is 0 Å². The van der Waals surface area contributed by atoms with Crippen LogP contribution >= 0.6 is 31.9 Å². The Morgan fingerprint density at radius 1 is 1.33 bits per heavy atom. The van der Waals surface area contributed by atoms with Gasteiger partial charge in [-0.25, -0.2) is 13.1 Å². The van der Waals surface area contributed by atoms with E-state index in [2.05, 4.69) is 36.6 Å². The lowest BCUT2D eigenvalue weighted by atomic mass is 10.1. The summed E-state index contributed by atoms with van der Waals surface area (Å²) in [7, 11) is -3.55. The number of sulfonamides is 1. The molecule has 15 heavy (non-hydrogen) atoms. The summed E-state index contributed by atoms with van der Waals surface area (Å²) in [6, 6.07) is 1.40. The van der Waals surface area contributed by atoms with Crippen LogP contribution in [0.1, 0.15) is 20.8 Å². The zero-order valence-corrected chi connectivity index (χ0v) is 12.5. The van der Waals surface area contributed by atoms with Gasteiger partial charge in [0.15, 0.2) is 9.34 Å². The molecule has 1 rings (SSSR count). The quantitative estimate of drug-likeness (QED) is 0.882. The van der Waals surface area contributed by atoms with Crippen molar-refractivity contribution in [3.8, 4) is 0 Å². The van der Waals surface area contributed by atoms with E-state index in [1.807, 2.05) is 0 Å². The third-order valence-corrected chi connectivity index (χ3v) is 4.36. The number of halogens is 2. The first-order chi connectivity index (χ1) is 6.62. The van der Waals surface area contributed by atoms with Crippen LogP contribution in [0, 0.1) is 0 Å². The number of hydrogen-bond donors (Lipinski definition) is 1. The van der Waals surface area contributed by atoms with E-state index in [4.69, 9.17) is 4.42 Å². The monoisotopic (exact) mass is 359 g/mol. The van der Waals surface area contributed by atoms with Gasteiger partial charge in [0, 0.05) is 11.6 Å². The summed E-state index contributed by atoms with van der Waals surface area (Å²) in [5.74, 6) is 0. The van der Waals surface area contributed by atoms with Gasteiger partial charge in [0.1, 0.15) is 4.90 Å². The summed E-state index contributed by atoms with van der Waals surface area (Å²) in [4.78, 5) is 0.0873. The Hall–Kier alpha value is 0.150. The van der Waals surface area contributed by atoms with E-state index in [1.165, 1.54) is 6.07 Å². The minimum atomic E-state index is -3.55. The van der Waals surface area contributed by atoms with Crippen molar-refractivity contribution in [2.45, 2.75) is 31.2 Å². The van der Waals surface area contributed by atoms with E-state index in [1.54, 1.807) is 20.8 Å². The minimum absolute atomic E-state index is 0.0873. The molecule has 0 atom stereocenters. The second kappa shape index (κ2) is 4.20. The topological polar surface area (TPSA) is 59.3 Å². The summed E-state index contributed by atoms with van der Waals surface area (Å²) in [6.45, 7) is 5.31. The van der Waals surface area contributed by atoms with Gasteiger partial charge < -0.3 is 4.42 Å². The van der Waals surface area contributed by atoms with E-state index < -0.39 is 15.6 Å². The summed E-state index contributed by atoms with van der Waals surface area (Å²) in [5.41, 5.74) is -0.526. The van der Waals surface area contributed by atoms with Crippen molar-refractivity contribution in [1.82, 2.24) is 4.72 Å². The van der Waals surface area contributed by atoms with Crippen LogP contribution in [0.15, 0.2) is 24.7 Å². The van der Waals surface area contributed by atoms with Crippen LogP contribution in [0.3, 0.4) is 0 Å². The number of furan rings is 1. The van der Waals surface area contributed by atoms with Crippen LogP contribution in [-0.4, -0.2) is 14.0 Å². The highest BCUT2D eigenvalue weighted by atomic mass is 79.9. The van der Waals surface area contributed by atoms with Crippen molar-refractivity contribution in [2.75, 3.05) is 0 Å². The highest BCUT2D eigenvalue weighted by Crippen LogP contribution is 2.29. The molecule has 4 nitrogen and oxygen atoms in total. The molecule has 0 fully saturated rings. The fourth-order valence-electron chi connectivity index (χ4n) is 0.966. The zero-order valence-electron chi connectivity index (χ0n) is 8.47. The molecule has 1 aromatic rings. The highest BCUT2D eigenvalue weighted by molar-refractivity contribution is 9.11. The molecule has 0 saturated carbocycles. The first-order valence-electron chi connectivity index (χ1n) is 4.11. The Kier molecular flexibility index (Phi) is 3.70. The van der Waals surface area contributed by atoms with Crippen LogP contribution < -0.4 is 4.72 Å². The number of rotatable bonds is 2. The molecule has 1 aromatic heterocycles. The second-order valence-corrected chi connectivity index (χ2v) is 7.20. The van der Waals surface area contributed by atoms with E-state index in [-0.39, 0.29) is 9.56 Å². The van der Waals surface area contributed by atoms with Gasteiger partial charge in [0.05, 0.1) is 0 Å². The van der Waals surface area contributed by atoms with Gasteiger partial charge in [0.25, 0.3) is 0 Å². The highest BCUT2D eigenvalue weighted by Gasteiger charge is 2.26. The lowest BCUT2D eigenvalue weighted by molar-refractivity contribution is 0.484. The molecule has 0 saturated heterocycles. The largest absolute Gasteiger partial charge is 0.441 e. The van der Waals surface area contributed by atoms with Gasteiger partial charge in [0.2, 0.25) is 10.0 Å². The van der Waals surface area contributed by atoms with Crippen LogP contribution in [0.5, 0.6) is 0 Å². The predicted molar refractivity (Wildman–Crippen MR) is 64.2 cm³/mol. The van der Waals surface area contributed by atoms with Gasteiger partial charge in [-0.1, -0.05) is 0 Å². The fourth-order valence-corrected chi connectivity index (χ4v) is 4.09. The lowest BCUT2D eigenvalue weighted by Gasteiger charge is -2.19. The van der Waals surface area contributed by atoms with Gasteiger partial charge in [-0.05, 0) is 52.6 Å². The minimum Gasteiger partial charge on any atom is -0.441 e. The number of hydrogen-bond acceptors (Lipinski definition) is 3. The van der Waals surface area contributed by atoms with Crippen LogP contribution in [0.2, 0.25) is 0 Å². The first-order valence-corrected chi connectivity index (χ1v) is 7.17. The molecule has 0 radical (unpaired) electrons. The zero-order chi connectivity index (χ0) is 11.9. The van der Waals surface area contributed by atoms with Crippen LogP contribution in [0.4, 0.5) is 0 Å². The normalized spacial score (nSPS) is 13.1. The standard InChI is InChI=1S/C8H11Br2NO3S/c1-8(2,3)11-15(12,13)5-4-6(9)14-7(5)10/h4,11H,1-3H3. The van der Waals surface area contributed by atoms with Gasteiger partial charge >= 0.3 is 0 Å².